The summed E-state index contributed by atoms with van der Waals surface area (Å²) in [6.07, 6.45) is 0.824. The van der Waals surface area contributed by atoms with Gasteiger partial charge in [0.25, 0.3) is 0 Å². The van der Waals surface area contributed by atoms with Gasteiger partial charge < -0.3 is 4.85 Å². The van der Waals surface area contributed by atoms with Gasteiger partial charge in [-0.25, -0.2) is 6.57 Å². The molecule has 1 nitrogen and oxygen atoms in total. The fraction of sp³-hybridized carbons (Fsp3) is 0.308. The van der Waals surface area contributed by atoms with Gasteiger partial charge in [0.15, 0.2) is 0 Å². The number of benzene rings is 1. The van der Waals surface area contributed by atoms with Crippen molar-refractivity contribution in [3.63, 3.8) is 0 Å². The van der Waals surface area contributed by atoms with E-state index >= 15 is 0 Å². The van der Waals surface area contributed by atoms with Crippen molar-refractivity contribution in [3.05, 3.63) is 53.4 Å². The zero-order valence-electron chi connectivity index (χ0n) is 8.75. The SMILES string of the molecule is [C-]#[N+]C(C)Cc1cccc(C(=C)C)c1. The Morgan fingerprint density at radius 1 is 1.57 bits per heavy atom. The lowest BCUT2D eigenvalue weighted by Crippen LogP contribution is -2.00. The molecule has 1 heteroatoms. The van der Waals surface area contributed by atoms with Crippen LogP contribution in [0.5, 0.6) is 0 Å². The Morgan fingerprint density at radius 3 is 2.86 bits per heavy atom. The van der Waals surface area contributed by atoms with Gasteiger partial charge >= 0.3 is 0 Å². The Balaban J connectivity index is 2.85. The largest absolute Gasteiger partial charge is 0.314 e. The first-order valence-corrected chi connectivity index (χ1v) is 4.75. The molecule has 0 saturated heterocycles. The second-order valence-electron chi connectivity index (χ2n) is 3.66. The molecule has 0 aliphatic carbocycles. The lowest BCUT2D eigenvalue weighted by atomic mass is 10.0. The van der Waals surface area contributed by atoms with Crippen LogP contribution >= 0.6 is 0 Å². The van der Waals surface area contributed by atoms with Crippen LogP contribution in [0.4, 0.5) is 0 Å². The lowest BCUT2D eigenvalue weighted by molar-refractivity contribution is 0.844. The quantitative estimate of drug-likeness (QED) is 0.634. The van der Waals surface area contributed by atoms with Gasteiger partial charge in [0.2, 0.25) is 6.04 Å². The van der Waals surface area contributed by atoms with Gasteiger partial charge in [-0.15, -0.1) is 0 Å². The van der Waals surface area contributed by atoms with Crippen LogP contribution in [0.1, 0.15) is 25.0 Å². The highest BCUT2D eigenvalue weighted by Crippen LogP contribution is 2.15. The third-order valence-corrected chi connectivity index (χ3v) is 2.17. The average molecular weight is 185 g/mol. The molecule has 0 N–H and O–H groups in total. The van der Waals surface area contributed by atoms with Crippen molar-refractivity contribution in [1.29, 1.82) is 0 Å². The Hall–Kier alpha value is -1.55. The molecule has 14 heavy (non-hydrogen) atoms. The van der Waals surface area contributed by atoms with Crippen molar-refractivity contribution in [1.82, 2.24) is 0 Å². The smallest absolute Gasteiger partial charge is 0.225 e. The minimum Gasteiger partial charge on any atom is -0.314 e. The molecular weight excluding hydrogens is 170 g/mol. The molecule has 0 aliphatic rings. The van der Waals surface area contributed by atoms with Crippen LogP contribution in [0.2, 0.25) is 0 Å². The van der Waals surface area contributed by atoms with Gasteiger partial charge in [0.1, 0.15) is 0 Å². The molecule has 1 unspecified atom stereocenters. The molecule has 1 atom stereocenters. The van der Waals surface area contributed by atoms with Crippen LogP contribution in [0, 0.1) is 6.57 Å². The Kier molecular flexibility index (Phi) is 3.48. The average Bonchev–Trinajstić information content (AvgIpc) is 2.18. The number of rotatable bonds is 3. The van der Waals surface area contributed by atoms with Gasteiger partial charge in [-0.1, -0.05) is 36.4 Å². The standard InChI is InChI=1S/C13H15N/c1-10(2)13-7-5-6-12(9-13)8-11(3)14-4/h5-7,9,11H,1,8H2,2-3H3. The zero-order chi connectivity index (χ0) is 10.6. The molecule has 1 aromatic carbocycles. The first-order chi connectivity index (χ1) is 6.63. The van der Waals surface area contributed by atoms with Crippen molar-refractivity contribution in [2.45, 2.75) is 26.3 Å². The first-order valence-electron chi connectivity index (χ1n) is 4.75. The summed E-state index contributed by atoms with van der Waals surface area (Å²) in [5, 5.41) is 0. The van der Waals surface area contributed by atoms with Crippen LogP contribution < -0.4 is 0 Å². The van der Waals surface area contributed by atoms with E-state index in [0.717, 1.165) is 12.0 Å². The van der Waals surface area contributed by atoms with Crippen LogP contribution in [0.15, 0.2) is 30.8 Å². The van der Waals surface area contributed by atoms with Gasteiger partial charge in [-0.2, -0.15) is 0 Å². The Morgan fingerprint density at radius 2 is 2.29 bits per heavy atom. The molecule has 0 heterocycles. The summed E-state index contributed by atoms with van der Waals surface area (Å²) in [6, 6.07) is 8.32. The molecule has 0 aliphatic heterocycles. The Labute approximate surface area is 85.9 Å². The normalized spacial score (nSPS) is 11.8. The van der Waals surface area contributed by atoms with Gasteiger partial charge in [-0.05, 0) is 18.1 Å². The highest BCUT2D eigenvalue weighted by Gasteiger charge is 2.06. The molecule has 0 radical (unpaired) electrons. The molecule has 0 fully saturated rings. The van der Waals surface area contributed by atoms with Crippen LogP contribution in [-0.4, -0.2) is 6.04 Å². The maximum Gasteiger partial charge on any atom is 0.225 e. The van der Waals surface area contributed by atoms with Crippen molar-refractivity contribution in [3.8, 4) is 0 Å². The number of hydrogen-bond donors (Lipinski definition) is 0. The minimum absolute atomic E-state index is 0.0652. The molecule has 0 aromatic heterocycles. The van der Waals surface area contributed by atoms with E-state index in [4.69, 9.17) is 6.57 Å². The number of hydrogen-bond acceptors (Lipinski definition) is 0. The van der Waals surface area contributed by atoms with Gasteiger partial charge in [0.05, 0.1) is 0 Å². The Bertz CT molecular complexity index is 371. The van der Waals surface area contributed by atoms with Crippen molar-refractivity contribution in [2.24, 2.45) is 0 Å². The van der Waals surface area contributed by atoms with E-state index in [0.29, 0.717) is 0 Å². The molecule has 0 spiro atoms. The number of nitrogens with zero attached hydrogens (tertiary/aromatic N) is 1. The predicted molar refractivity (Wildman–Crippen MR) is 60.9 cm³/mol. The summed E-state index contributed by atoms with van der Waals surface area (Å²) >= 11 is 0. The van der Waals surface area contributed by atoms with E-state index in [2.05, 4.69) is 23.6 Å². The molecule has 0 bridgehead atoms. The molecule has 72 valence electrons. The summed E-state index contributed by atoms with van der Waals surface area (Å²) in [6.45, 7) is 14.8. The number of allylic oxidation sites excluding steroid dienone is 1. The van der Waals surface area contributed by atoms with E-state index < -0.39 is 0 Å². The summed E-state index contributed by atoms with van der Waals surface area (Å²) in [7, 11) is 0. The second kappa shape index (κ2) is 4.62. The van der Waals surface area contributed by atoms with Crippen LogP contribution in [0.3, 0.4) is 0 Å². The lowest BCUT2D eigenvalue weighted by Gasteiger charge is -2.04. The van der Waals surface area contributed by atoms with E-state index in [1.807, 2.05) is 26.0 Å². The topological polar surface area (TPSA) is 4.36 Å². The summed E-state index contributed by atoms with van der Waals surface area (Å²) in [5.41, 5.74) is 3.45. The predicted octanol–water partition coefficient (Wildman–Crippen LogP) is 3.57. The van der Waals surface area contributed by atoms with E-state index in [1.165, 1.54) is 11.1 Å². The third kappa shape index (κ3) is 2.74. The zero-order valence-corrected chi connectivity index (χ0v) is 8.75. The maximum absolute atomic E-state index is 6.90. The monoisotopic (exact) mass is 185 g/mol. The molecule has 1 aromatic rings. The van der Waals surface area contributed by atoms with Gasteiger partial charge in [0, 0.05) is 13.3 Å². The van der Waals surface area contributed by atoms with Crippen LogP contribution in [-0.2, 0) is 6.42 Å². The van der Waals surface area contributed by atoms with Crippen molar-refractivity contribution in [2.75, 3.05) is 0 Å². The molecule has 0 amide bonds. The molecule has 1 rings (SSSR count). The van der Waals surface area contributed by atoms with E-state index in [1.54, 1.807) is 0 Å². The third-order valence-electron chi connectivity index (χ3n) is 2.17. The molecule has 0 saturated carbocycles. The van der Waals surface area contributed by atoms with E-state index in [-0.39, 0.29) is 6.04 Å². The fourth-order valence-corrected chi connectivity index (χ4v) is 1.35. The molecular formula is C13H15N. The van der Waals surface area contributed by atoms with E-state index in [9.17, 15) is 0 Å². The highest BCUT2D eigenvalue weighted by molar-refractivity contribution is 5.61. The fourth-order valence-electron chi connectivity index (χ4n) is 1.35. The minimum atomic E-state index is 0.0652. The van der Waals surface area contributed by atoms with Gasteiger partial charge in [-0.3, -0.25) is 0 Å². The first kappa shape index (κ1) is 10.5. The summed E-state index contributed by atoms with van der Waals surface area (Å²) in [5.74, 6) is 0. The summed E-state index contributed by atoms with van der Waals surface area (Å²) < 4.78 is 0. The van der Waals surface area contributed by atoms with Crippen molar-refractivity contribution < 1.29 is 0 Å². The van der Waals surface area contributed by atoms with Crippen LogP contribution in [0.25, 0.3) is 10.4 Å². The maximum atomic E-state index is 6.90. The second-order valence-corrected chi connectivity index (χ2v) is 3.66. The summed E-state index contributed by atoms with van der Waals surface area (Å²) in [4.78, 5) is 3.49. The van der Waals surface area contributed by atoms with Crippen molar-refractivity contribution >= 4 is 5.57 Å². The highest BCUT2D eigenvalue weighted by atomic mass is 14.7.